The first-order valence-electron chi connectivity index (χ1n) is 8.34. The first kappa shape index (κ1) is 14.6. The van der Waals surface area contributed by atoms with E-state index in [0.717, 1.165) is 32.5 Å². The molecular formula is C18H26N2O. The van der Waals surface area contributed by atoms with E-state index in [-0.39, 0.29) is 0 Å². The number of amides is 1. The molecule has 0 saturated carbocycles. The highest BCUT2D eigenvalue weighted by molar-refractivity contribution is 5.76. The highest BCUT2D eigenvalue weighted by Gasteiger charge is 2.22. The average molecular weight is 286 g/mol. The number of nitrogens with one attached hydrogen (secondary N) is 1. The molecule has 0 bridgehead atoms. The van der Waals surface area contributed by atoms with Crippen molar-refractivity contribution in [3.63, 3.8) is 0 Å². The fraction of sp³-hybridized carbons (Fsp3) is 0.611. The van der Waals surface area contributed by atoms with Gasteiger partial charge in [0.05, 0.1) is 0 Å². The Labute approximate surface area is 127 Å². The Morgan fingerprint density at radius 1 is 1.29 bits per heavy atom. The first-order chi connectivity index (χ1) is 10.2. The van der Waals surface area contributed by atoms with Crippen LogP contribution in [0.3, 0.4) is 0 Å². The third-order valence-corrected chi connectivity index (χ3v) is 4.82. The molecule has 1 aromatic rings. The van der Waals surface area contributed by atoms with Crippen LogP contribution in [0.1, 0.15) is 54.8 Å². The molecular weight excluding hydrogens is 260 g/mol. The van der Waals surface area contributed by atoms with Crippen LogP contribution in [0.25, 0.3) is 0 Å². The van der Waals surface area contributed by atoms with Crippen molar-refractivity contribution in [2.45, 2.75) is 51.5 Å². The Morgan fingerprint density at radius 3 is 2.90 bits per heavy atom. The topological polar surface area (TPSA) is 32.3 Å². The Kier molecular flexibility index (Phi) is 4.59. The van der Waals surface area contributed by atoms with Crippen LogP contribution >= 0.6 is 0 Å². The molecule has 1 fully saturated rings. The Balaban J connectivity index is 1.48. The third kappa shape index (κ3) is 3.46. The summed E-state index contributed by atoms with van der Waals surface area (Å²) in [5.74, 6) is 0.324. The minimum atomic E-state index is 0.324. The Bertz CT molecular complexity index is 506. The number of hydrogen-bond donors (Lipinski definition) is 1. The first-order valence-corrected chi connectivity index (χ1v) is 8.34. The molecule has 3 heteroatoms. The van der Waals surface area contributed by atoms with Crippen molar-refractivity contribution in [1.82, 2.24) is 10.2 Å². The number of aryl methyl sites for hydroxylation is 2. The van der Waals surface area contributed by atoms with Gasteiger partial charge in [0.2, 0.25) is 5.91 Å². The summed E-state index contributed by atoms with van der Waals surface area (Å²) in [6, 6.07) is 7.19. The molecule has 0 spiro atoms. The van der Waals surface area contributed by atoms with E-state index in [1.807, 2.05) is 4.90 Å². The van der Waals surface area contributed by atoms with E-state index in [2.05, 4.69) is 30.4 Å². The lowest BCUT2D eigenvalue weighted by molar-refractivity contribution is -0.132. The van der Waals surface area contributed by atoms with E-state index in [9.17, 15) is 4.79 Å². The molecule has 1 heterocycles. The summed E-state index contributed by atoms with van der Waals surface area (Å²) in [7, 11) is 0. The molecule has 1 N–H and O–H groups in total. The number of nitrogens with zero attached hydrogens (tertiary/aromatic N) is 1. The second kappa shape index (κ2) is 6.61. The minimum Gasteiger partial charge on any atom is -0.343 e. The summed E-state index contributed by atoms with van der Waals surface area (Å²) in [5, 5.41) is 3.59. The molecule has 2 aliphatic rings. The highest BCUT2D eigenvalue weighted by atomic mass is 16.2. The van der Waals surface area contributed by atoms with Crippen molar-refractivity contribution in [2.75, 3.05) is 19.6 Å². The van der Waals surface area contributed by atoms with Gasteiger partial charge in [-0.25, -0.2) is 0 Å². The van der Waals surface area contributed by atoms with Gasteiger partial charge in [0.15, 0.2) is 0 Å². The van der Waals surface area contributed by atoms with Crippen LogP contribution in [0.5, 0.6) is 0 Å². The standard InChI is InChI=1S/C18H26N2O/c1-14-5-6-15-7-8-17(16(15)13-14)19-10-9-18(21)20-11-3-2-4-12-20/h5-6,13,17,19H,2-4,7-12H2,1H3. The van der Waals surface area contributed by atoms with Crippen molar-refractivity contribution >= 4 is 5.91 Å². The largest absolute Gasteiger partial charge is 0.343 e. The number of likely N-dealkylation sites (tertiary alicyclic amines) is 1. The Hall–Kier alpha value is -1.35. The lowest BCUT2D eigenvalue weighted by Gasteiger charge is -2.27. The number of fused-ring (bicyclic) bond motifs is 1. The number of hydrogen-bond acceptors (Lipinski definition) is 2. The molecule has 3 nitrogen and oxygen atoms in total. The molecule has 0 aromatic heterocycles. The zero-order chi connectivity index (χ0) is 14.7. The van der Waals surface area contributed by atoms with Crippen LogP contribution in [0, 0.1) is 6.92 Å². The zero-order valence-corrected chi connectivity index (χ0v) is 13.0. The van der Waals surface area contributed by atoms with Gasteiger partial charge in [-0.2, -0.15) is 0 Å². The summed E-state index contributed by atoms with van der Waals surface area (Å²) in [6.45, 7) is 4.87. The van der Waals surface area contributed by atoms with Gasteiger partial charge in [0.25, 0.3) is 0 Å². The molecule has 0 radical (unpaired) electrons. The maximum atomic E-state index is 12.2. The monoisotopic (exact) mass is 286 g/mol. The summed E-state index contributed by atoms with van der Waals surface area (Å²) in [6.07, 6.45) is 6.59. The summed E-state index contributed by atoms with van der Waals surface area (Å²) >= 11 is 0. The van der Waals surface area contributed by atoms with Gasteiger partial charge in [-0.15, -0.1) is 0 Å². The number of piperidine rings is 1. The van der Waals surface area contributed by atoms with Gasteiger partial charge in [0, 0.05) is 32.1 Å². The van der Waals surface area contributed by atoms with Crippen LogP contribution in [-0.2, 0) is 11.2 Å². The van der Waals surface area contributed by atoms with Crippen molar-refractivity contribution in [3.05, 3.63) is 34.9 Å². The van der Waals surface area contributed by atoms with E-state index in [1.165, 1.54) is 36.0 Å². The average Bonchev–Trinajstić information content (AvgIpc) is 2.90. The summed E-state index contributed by atoms with van der Waals surface area (Å²) in [4.78, 5) is 14.2. The fourth-order valence-electron chi connectivity index (χ4n) is 3.59. The molecule has 1 aliphatic heterocycles. The predicted octanol–water partition coefficient (Wildman–Crippen LogP) is 2.97. The number of benzene rings is 1. The summed E-state index contributed by atoms with van der Waals surface area (Å²) in [5.41, 5.74) is 4.24. The number of rotatable bonds is 4. The van der Waals surface area contributed by atoms with E-state index in [1.54, 1.807) is 0 Å². The lowest BCUT2D eigenvalue weighted by atomic mass is 10.0. The quantitative estimate of drug-likeness (QED) is 0.923. The smallest absolute Gasteiger partial charge is 0.223 e. The van der Waals surface area contributed by atoms with E-state index in [0.29, 0.717) is 18.4 Å². The molecule has 1 atom stereocenters. The molecule has 1 aliphatic carbocycles. The van der Waals surface area contributed by atoms with Gasteiger partial charge in [-0.1, -0.05) is 23.8 Å². The second-order valence-electron chi connectivity index (χ2n) is 6.44. The van der Waals surface area contributed by atoms with Crippen LogP contribution in [-0.4, -0.2) is 30.4 Å². The van der Waals surface area contributed by atoms with E-state index in [4.69, 9.17) is 0 Å². The lowest BCUT2D eigenvalue weighted by Crippen LogP contribution is -2.37. The molecule has 1 unspecified atom stereocenters. The van der Waals surface area contributed by atoms with Crippen molar-refractivity contribution in [2.24, 2.45) is 0 Å². The highest BCUT2D eigenvalue weighted by Crippen LogP contribution is 2.31. The molecule has 1 aromatic carbocycles. The van der Waals surface area contributed by atoms with Crippen LogP contribution in [0.4, 0.5) is 0 Å². The van der Waals surface area contributed by atoms with Crippen LogP contribution in [0.2, 0.25) is 0 Å². The van der Waals surface area contributed by atoms with Crippen molar-refractivity contribution in [3.8, 4) is 0 Å². The maximum absolute atomic E-state index is 12.2. The maximum Gasteiger partial charge on any atom is 0.223 e. The molecule has 3 rings (SSSR count). The van der Waals surface area contributed by atoms with Gasteiger partial charge in [0.1, 0.15) is 0 Å². The van der Waals surface area contributed by atoms with E-state index < -0.39 is 0 Å². The molecule has 1 saturated heterocycles. The molecule has 114 valence electrons. The van der Waals surface area contributed by atoms with E-state index >= 15 is 0 Å². The van der Waals surface area contributed by atoms with Gasteiger partial charge in [-0.05, 0) is 50.2 Å². The van der Waals surface area contributed by atoms with Crippen molar-refractivity contribution < 1.29 is 4.79 Å². The normalized spacial score (nSPS) is 21.4. The Morgan fingerprint density at radius 2 is 2.10 bits per heavy atom. The summed E-state index contributed by atoms with van der Waals surface area (Å²) < 4.78 is 0. The van der Waals surface area contributed by atoms with Crippen LogP contribution in [0.15, 0.2) is 18.2 Å². The zero-order valence-electron chi connectivity index (χ0n) is 13.0. The predicted molar refractivity (Wildman–Crippen MR) is 85.3 cm³/mol. The van der Waals surface area contributed by atoms with Crippen molar-refractivity contribution in [1.29, 1.82) is 0 Å². The third-order valence-electron chi connectivity index (χ3n) is 4.82. The van der Waals surface area contributed by atoms with Gasteiger partial charge in [-0.3, -0.25) is 4.79 Å². The number of carbonyl (C=O) groups excluding carboxylic acids is 1. The SMILES string of the molecule is Cc1ccc2c(c1)C(NCCC(=O)N1CCCCC1)CC2. The number of carbonyl (C=O) groups is 1. The van der Waals surface area contributed by atoms with Crippen LogP contribution < -0.4 is 5.32 Å². The molecule has 21 heavy (non-hydrogen) atoms. The fourth-order valence-corrected chi connectivity index (χ4v) is 3.59. The van der Waals surface area contributed by atoms with Gasteiger partial charge >= 0.3 is 0 Å². The molecule has 1 amide bonds. The minimum absolute atomic E-state index is 0.324. The second-order valence-corrected chi connectivity index (χ2v) is 6.44. The van der Waals surface area contributed by atoms with Gasteiger partial charge < -0.3 is 10.2 Å².